The van der Waals surface area contributed by atoms with Crippen LogP contribution >= 0.6 is 0 Å². The Bertz CT molecular complexity index is 171. The molecule has 2 atom stereocenters. The number of hydrogen-bond donors (Lipinski definition) is 2. The number of aliphatic carboxylic acids is 1. The average Bonchev–Trinajstić information content (AvgIpc) is 2.10. The third-order valence-corrected chi connectivity index (χ3v) is 2.06. The second-order valence-electron chi connectivity index (χ2n) is 3.97. The molecule has 2 unspecified atom stereocenters. The monoisotopic (exact) mass is 203 g/mol. The molecular weight excluding hydrogens is 182 g/mol. The summed E-state index contributed by atoms with van der Waals surface area (Å²) in [6.45, 7) is 6.50. The second-order valence-corrected chi connectivity index (χ2v) is 3.97. The summed E-state index contributed by atoms with van der Waals surface area (Å²) in [5.41, 5.74) is 0. The highest BCUT2D eigenvalue weighted by Gasteiger charge is 2.18. The molecule has 0 radical (unpaired) electrons. The third kappa shape index (κ3) is 5.94. The molecule has 0 aliphatic carbocycles. The first-order valence-electron chi connectivity index (χ1n) is 4.96. The second kappa shape index (κ2) is 6.79. The van der Waals surface area contributed by atoms with Crippen molar-refractivity contribution in [3.63, 3.8) is 0 Å². The summed E-state index contributed by atoms with van der Waals surface area (Å²) in [5, 5.41) is 11.9. The number of ether oxygens (including phenoxy) is 1. The van der Waals surface area contributed by atoms with E-state index in [1.54, 1.807) is 7.11 Å². The van der Waals surface area contributed by atoms with Crippen molar-refractivity contribution < 1.29 is 14.6 Å². The molecule has 4 heteroatoms. The van der Waals surface area contributed by atoms with Crippen LogP contribution in [-0.2, 0) is 9.53 Å². The molecule has 0 aromatic rings. The zero-order valence-corrected chi connectivity index (χ0v) is 9.41. The lowest BCUT2D eigenvalue weighted by molar-refractivity contribution is -0.140. The van der Waals surface area contributed by atoms with Crippen LogP contribution in [0.3, 0.4) is 0 Å². The van der Waals surface area contributed by atoms with Crippen molar-refractivity contribution in [1.29, 1.82) is 0 Å². The highest BCUT2D eigenvalue weighted by atomic mass is 16.5. The summed E-state index contributed by atoms with van der Waals surface area (Å²) in [4.78, 5) is 10.8. The lowest BCUT2D eigenvalue weighted by atomic mass is 10.0. The number of rotatable bonds is 7. The highest BCUT2D eigenvalue weighted by Crippen LogP contribution is 2.04. The van der Waals surface area contributed by atoms with Crippen molar-refractivity contribution in [2.24, 2.45) is 5.92 Å². The molecule has 0 heterocycles. The van der Waals surface area contributed by atoms with E-state index < -0.39 is 12.0 Å². The van der Waals surface area contributed by atoms with Crippen molar-refractivity contribution in [2.75, 3.05) is 13.7 Å². The summed E-state index contributed by atoms with van der Waals surface area (Å²) in [5.74, 6) is -0.413. The zero-order chi connectivity index (χ0) is 11.1. The number of hydrogen-bond acceptors (Lipinski definition) is 3. The van der Waals surface area contributed by atoms with Crippen molar-refractivity contribution in [3.05, 3.63) is 0 Å². The molecule has 0 amide bonds. The molecule has 0 aromatic heterocycles. The van der Waals surface area contributed by atoms with Crippen LogP contribution in [0, 0.1) is 5.92 Å². The Balaban J connectivity index is 3.91. The van der Waals surface area contributed by atoms with Crippen molar-refractivity contribution in [2.45, 2.75) is 39.3 Å². The number of carboxylic acid groups (broad SMARTS) is 1. The summed E-state index contributed by atoms with van der Waals surface area (Å²) in [6, 6.07) is -0.465. The van der Waals surface area contributed by atoms with Crippen molar-refractivity contribution >= 4 is 5.97 Å². The maximum absolute atomic E-state index is 10.8. The van der Waals surface area contributed by atoms with Gasteiger partial charge in [-0.2, -0.15) is 0 Å². The fraction of sp³-hybridized carbons (Fsp3) is 0.900. The molecule has 0 aliphatic heterocycles. The van der Waals surface area contributed by atoms with E-state index in [9.17, 15) is 4.79 Å². The van der Waals surface area contributed by atoms with Crippen LogP contribution in [0.2, 0.25) is 0 Å². The van der Waals surface area contributed by atoms with Gasteiger partial charge in [0.1, 0.15) is 6.04 Å². The van der Waals surface area contributed by atoms with Gasteiger partial charge in [0.25, 0.3) is 0 Å². The van der Waals surface area contributed by atoms with Gasteiger partial charge in [-0.25, -0.2) is 0 Å². The average molecular weight is 203 g/mol. The number of carbonyl (C=O) groups is 1. The van der Waals surface area contributed by atoms with Gasteiger partial charge in [0, 0.05) is 13.7 Å². The molecule has 0 saturated heterocycles. The Morgan fingerprint density at radius 1 is 1.43 bits per heavy atom. The molecule has 0 rings (SSSR count). The molecule has 84 valence electrons. The van der Waals surface area contributed by atoms with E-state index in [1.165, 1.54) is 0 Å². The smallest absolute Gasteiger partial charge is 0.320 e. The molecular formula is C10H21NO3. The van der Waals surface area contributed by atoms with Crippen LogP contribution in [0.5, 0.6) is 0 Å². The van der Waals surface area contributed by atoms with Gasteiger partial charge < -0.3 is 15.2 Å². The van der Waals surface area contributed by atoms with Gasteiger partial charge >= 0.3 is 5.97 Å². The van der Waals surface area contributed by atoms with Crippen LogP contribution in [0.25, 0.3) is 0 Å². The fourth-order valence-corrected chi connectivity index (χ4v) is 1.13. The number of methoxy groups -OCH3 is 1. The minimum atomic E-state index is -0.790. The molecule has 4 nitrogen and oxygen atoms in total. The number of carboxylic acids is 1. The Kier molecular flexibility index (Phi) is 6.49. The van der Waals surface area contributed by atoms with Crippen LogP contribution in [0.4, 0.5) is 0 Å². The molecule has 2 N–H and O–H groups in total. The van der Waals surface area contributed by atoms with Crippen LogP contribution < -0.4 is 5.32 Å². The zero-order valence-electron chi connectivity index (χ0n) is 9.41. The van der Waals surface area contributed by atoms with E-state index in [0.717, 1.165) is 0 Å². The molecule has 0 spiro atoms. The standard InChI is InChI=1S/C10H21NO3/c1-7(2)5-9(10(12)13)11-6-8(3)14-4/h7-9,11H,5-6H2,1-4H3,(H,12,13). The Morgan fingerprint density at radius 2 is 2.00 bits per heavy atom. The van der Waals surface area contributed by atoms with E-state index in [2.05, 4.69) is 5.32 Å². The maximum atomic E-state index is 10.8. The summed E-state index contributed by atoms with van der Waals surface area (Å²) < 4.78 is 5.03. The predicted molar refractivity (Wildman–Crippen MR) is 55.4 cm³/mol. The van der Waals surface area contributed by atoms with Gasteiger partial charge in [-0.1, -0.05) is 13.8 Å². The van der Waals surface area contributed by atoms with E-state index in [4.69, 9.17) is 9.84 Å². The maximum Gasteiger partial charge on any atom is 0.320 e. The van der Waals surface area contributed by atoms with E-state index >= 15 is 0 Å². The Labute approximate surface area is 85.6 Å². The molecule has 14 heavy (non-hydrogen) atoms. The van der Waals surface area contributed by atoms with Crippen molar-refractivity contribution in [3.8, 4) is 0 Å². The molecule has 0 aliphatic rings. The minimum Gasteiger partial charge on any atom is -0.480 e. The minimum absolute atomic E-state index is 0.0454. The third-order valence-electron chi connectivity index (χ3n) is 2.06. The lowest BCUT2D eigenvalue weighted by Gasteiger charge is -2.18. The molecule has 0 fully saturated rings. The van der Waals surface area contributed by atoms with Gasteiger partial charge in [-0.15, -0.1) is 0 Å². The van der Waals surface area contributed by atoms with Crippen LogP contribution in [-0.4, -0.2) is 36.9 Å². The molecule has 0 bridgehead atoms. The van der Waals surface area contributed by atoms with E-state index in [1.807, 2.05) is 20.8 Å². The van der Waals surface area contributed by atoms with Crippen molar-refractivity contribution in [1.82, 2.24) is 5.32 Å². The first-order chi connectivity index (χ1) is 6.47. The first kappa shape index (κ1) is 13.4. The van der Waals surface area contributed by atoms with E-state index in [0.29, 0.717) is 18.9 Å². The topological polar surface area (TPSA) is 58.6 Å². The summed E-state index contributed by atoms with van der Waals surface area (Å²) in [6.07, 6.45) is 0.690. The summed E-state index contributed by atoms with van der Waals surface area (Å²) in [7, 11) is 1.62. The van der Waals surface area contributed by atoms with E-state index in [-0.39, 0.29) is 6.10 Å². The van der Waals surface area contributed by atoms with Crippen LogP contribution in [0.1, 0.15) is 27.2 Å². The number of nitrogens with one attached hydrogen (secondary N) is 1. The summed E-state index contributed by atoms with van der Waals surface area (Å²) >= 11 is 0. The van der Waals surface area contributed by atoms with Crippen LogP contribution in [0.15, 0.2) is 0 Å². The largest absolute Gasteiger partial charge is 0.480 e. The first-order valence-corrected chi connectivity index (χ1v) is 4.96. The Morgan fingerprint density at radius 3 is 2.36 bits per heavy atom. The van der Waals surface area contributed by atoms with Gasteiger partial charge in [-0.05, 0) is 19.3 Å². The highest BCUT2D eigenvalue weighted by molar-refractivity contribution is 5.73. The predicted octanol–water partition coefficient (Wildman–Crippen LogP) is 1.11. The molecule has 0 saturated carbocycles. The van der Waals surface area contributed by atoms with Gasteiger partial charge in [0.05, 0.1) is 6.10 Å². The lowest BCUT2D eigenvalue weighted by Crippen LogP contribution is -2.41. The van der Waals surface area contributed by atoms with Gasteiger partial charge in [0.15, 0.2) is 0 Å². The quantitative estimate of drug-likeness (QED) is 0.650. The van der Waals surface area contributed by atoms with Gasteiger partial charge in [0.2, 0.25) is 0 Å². The molecule has 0 aromatic carbocycles. The Hall–Kier alpha value is -0.610. The van der Waals surface area contributed by atoms with Gasteiger partial charge in [-0.3, -0.25) is 4.79 Å². The fourth-order valence-electron chi connectivity index (χ4n) is 1.13. The SMILES string of the molecule is COC(C)CNC(CC(C)C)C(=O)O. The normalized spacial score (nSPS) is 15.5.